The zero-order valence-corrected chi connectivity index (χ0v) is 61.2. The van der Waals surface area contributed by atoms with Crippen LogP contribution in [0.25, 0.3) is 0 Å². The lowest BCUT2D eigenvalue weighted by atomic mass is 9.96. The molecule has 0 bridgehead atoms. The first-order valence-electron chi connectivity index (χ1n) is 39.3. The Morgan fingerprint density at radius 3 is 1.13 bits per heavy atom. The SMILES string of the molecule is CC/C=C\C/C=C\C/C=C\C/C=C\C/C=C\CCCCCCCCCCCCCCCCCC(=O)NC(COC1OC(CO)C(OC2OC(CO)C(OC3OC(CO)C(O)C(O)C3O)C(O)C2O)C(O)C1O)C(O)/C=C/CC/C=C/CCCCCCCCCCCCCCCCCCC. The molecule has 574 valence electrons. The molecule has 0 radical (unpaired) electrons. The number of rotatable bonds is 61. The monoisotopic (exact) mass is 1400 g/mol. The number of aliphatic hydroxyl groups excluding tert-OH is 11. The van der Waals surface area contributed by atoms with E-state index in [2.05, 4.69) is 92.1 Å². The molecule has 99 heavy (non-hydrogen) atoms. The van der Waals surface area contributed by atoms with Crippen molar-refractivity contribution in [3.63, 3.8) is 0 Å². The predicted molar refractivity (Wildman–Crippen MR) is 392 cm³/mol. The Labute approximate surface area is 597 Å². The van der Waals surface area contributed by atoms with Crippen LogP contribution in [0.1, 0.15) is 284 Å². The van der Waals surface area contributed by atoms with Crippen LogP contribution in [-0.4, -0.2) is 193 Å². The van der Waals surface area contributed by atoms with E-state index >= 15 is 0 Å². The molecule has 17 atom stereocenters. The van der Waals surface area contributed by atoms with Crippen LogP contribution >= 0.6 is 0 Å². The van der Waals surface area contributed by atoms with Crippen LogP contribution in [0.5, 0.6) is 0 Å². The molecule has 0 aromatic heterocycles. The standard InChI is InChI=1S/C80H141NO18/c1-3-5-7-9-11-13-15-17-19-21-23-25-27-28-29-30-31-32-33-34-36-38-40-42-44-46-48-50-52-54-56-58-68(86)81-63(64(85)57-55-53-51-49-47-45-43-41-39-37-35-26-24-22-20-18-16-14-12-10-8-6-4-2)62-94-78-74(92)71(89)76(66(60-83)96-78)99-80-75(93)72(90)77(67(61-84)97-80)98-79-73(91)70(88)69(87)65(59-82)95-79/h5,7,11,13,17,19,23,25,28-29,47,49,55,57,63-67,69-80,82-85,87-93H,3-4,6,8-10,12,14-16,18,20-22,24,26-27,30-46,48,50-54,56,58-62H2,1-2H3,(H,81,86)/b7-5-,13-11-,19-17-,25-23-,29-28-,49-47+,57-55+. The first-order chi connectivity index (χ1) is 48.3. The zero-order chi connectivity index (χ0) is 71.8. The summed E-state index contributed by atoms with van der Waals surface area (Å²) in [4.78, 5) is 13.5. The van der Waals surface area contributed by atoms with Gasteiger partial charge in [0, 0.05) is 6.42 Å². The number of carbonyl (C=O) groups excluding carboxylic acids is 1. The summed E-state index contributed by atoms with van der Waals surface area (Å²) in [6, 6.07) is -0.995. The fraction of sp³-hybridized carbons (Fsp3) is 0.812. The molecule has 3 fully saturated rings. The number of allylic oxidation sites excluding steroid dienone is 13. The summed E-state index contributed by atoms with van der Waals surface area (Å²) in [5.74, 6) is -0.285. The Morgan fingerprint density at radius 1 is 0.374 bits per heavy atom. The Morgan fingerprint density at radius 2 is 0.707 bits per heavy atom. The number of ether oxygens (including phenoxy) is 6. The van der Waals surface area contributed by atoms with E-state index in [4.69, 9.17) is 28.4 Å². The van der Waals surface area contributed by atoms with E-state index in [1.165, 1.54) is 180 Å². The Kier molecular flexibility index (Phi) is 54.9. The van der Waals surface area contributed by atoms with Gasteiger partial charge in [0.05, 0.1) is 38.6 Å². The van der Waals surface area contributed by atoms with Crippen molar-refractivity contribution in [2.24, 2.45) is 0 Å². The Bertz CT molecular complexity index is 2120. The van der Waals surface area contributed by atoms with Crippen LogP contribution in [0, 0.1) is 0 Å². The summed E-state index contributed by atoms with van der Waals surface area (Å²) >= 11 is 0. The maximum absolute atomic E-state index is 13.5. The molecule has 3 heterocycles. The quantitative estimate of drug-likeness (QED) is 0.0199. The molecule has 0 aliphatic carbocycles. The second kappa shape index (κ2) is 60.3. The summed E-state index contributed by atoms with van der Waals surface area (Å²) in [5, 5.41) is 121. The lowest BCUT2D eigenvalue weighted by molar-refractivity contribution is -0.379. The fourth-order valence-electron chi connectivity index (χ4n) is 12.9. The molecule has 17 unspecified atom stereocenters. The normalized spacial score (nSPS) is 27.1. The highest BCUT2D eigenvalue weighted by atomic mass is 16.8. The van der Waals surface area contributed by atoms with Gasteiger partial charge in [0.15, 0.2) is 18.9 Å². The molecule has 19 heteroatoms. The highest BCUT2D eigenvalue weighted by molar-refractivity contribution is 5.76. The van der Waals surface area contributed by atoms with E-state index in [-0.39, 0.29) is 18.9 Å². The second-order valence-corrected chi connectivity index (χ2v) is 27.8. The molecule has 19 nitrogen and oxygen atoms in total. The zero-order valence-electron chi connectivity index (χ0n) is 61.2. The summed E-state index contributed by atoms with van der Waals surface area (Å²) in [6.45, 7) is 1.63. The molecular weight excluding hydrogens is 1260 g/mol. The maximum Gasteiger partial charge on any atom is 0.220 e. The van der Waals surface area contributed by atoms with Gasteiger partial charge in [0.25, 0.3) is 0 Å². The molecule has 3 rings (SSSR count). The van der Waals surface area contributed by atoms with Gasteiger partial charge in [-0.2, -0.15) is 0 Å². The molecule has 1 amide bonds. The lowest BCUT2D eigenvalue weighted by Crippen LogP contribution is -2.66. The molecule has 3 saturated heterocycles. The third-order valence-electron chi connectivity index (χ3n) is 19.2. The lowest BCUT2D eigenvalue weighted by Gasteiger charge is -2.48. The van der Waals surface area contributed by atoms with Crippen molar-refractivity contribution < 1.29 is 89.4 Å². The Hall–Kier alpha value is -3.03. The molecular formula is C80H141NO18. The number of hydrogen-bond donors (Lipinski definition) is 12. The van der Waals surface area contributed by atoms with Gasteiger partial charge < -0.3 is 89.9 Å². The van der Waals surface area contributed by atoms with Crippen molar-refractivity contribution in [1.29, 1.82) is 0 Å². The first kappa shape index (κ1) is 90.2. The Balaban J connectivity index is 1.39. The van der Waals surface area contributed by atoms with E-state index in [1.54, 1.807) is 6.08 Å². The van der Waals surface area contributed by atoms with Crippen LogP contribution in [0.4, 0.5) is 0 Å². The van der Waals surface area contributed by atoms with Crippen LogP contribution in [-0.2, 0) is 33.2 Å². The minimum absolute atomic E-state index is 0.232. The summed E-state index contributed by atoms with van der Waals surface area (Å²) in [6.07, 6.45) is 52.8. The van der Waals surface area contributed by atoms with E-state index in [0.29, 0.717) is 12.8 Å². The molecule has 0 saturated carbocycles. The molecule has 0 aromatic rings. The summed E-state index contributed by atoms with van der Waals surface area (Å²) in [7, 11) is 0. The van der Waals surface area contributed by atoms with Gasteiger partial charge in [-0.15, -0.1) is 0 Å². The van der Waals surface area contributed by atoms with E-state index in [0.717, 1.165) is 70.6 Å². The van der Waals surface area contributed by atoms with Crippen LogP contribution in [0.3, 0.4) is 0 Å². The number of unbranched alkanes of at least 4 members (excludes halogenated alkanes) is 33. The number of nitrogens with one attached hydrogen (secondary N) is 1. The van der Waals surface area contributed by atoms with Crippen LogP contribution in [0.15, 0.2) is 85.1 Å². The van der Waals surface area contributed by atoms with Crippen molar-refractivity contribution in [2.45, 2.75) is 388 Å². The minimum atomic E-state index is -1.98. The van der Waals surface area contributed by atoms with Gasteiger partial charge in [-0.25, -0.2) is 0 Å². The number of carbonyl (C=O) groups is 1. The molecule has 12 N–H and O–H groups in total. The minimum Gasteiger partial charge on any atom is -0.394 e. The van der Waals surface area contributed by atoms with Crippen molar-refractivity contribution in [2.75, 3.05) is 26.4 Å². The topological polar surface area (TPSA) is 307 Å². The van der Waals surface area contributed by atoms with Gasteiger partial charge >= 0.3 is 0 Å². The van der Waals surface area contributed by atoms with Crippen molar-refractivity contribution >= 4 is 5.91 Å². The molecule has 3 aliphatic heterocycles. The van der Waals surface area contributed by atoms with Gasteiger partial charge in [0.2, 0.25) is 5.91 Å². The van der Waals surface area contributed by atoms with Crippen LogP contribution in [0.2, 0.25) is 0 Å². The number of amides is 1. The molecule has 0 aromatic carbocycles. The molecule has 0 spiro atoms. The highest BCUT2D eigenvalue weighted by Crippen LogP contribution is 2.33. The largest absolute Gasteiger partial charge is 0.394 e. The fourth-order valence-corrected chi connectivity index (χ4v) is 12.9. The van der Waals surface area contributed by atoms with Crippen LogP contribution < -0.4 is 5.32 Å². The third-order valence-corrected chi connectivity index (χ3v) is 19.2. The first-order valence-corrected chi connectivity index (χ1v) is 39.3. The van der Waals surface area contributed by atoms with E-state index in [1.807, 2.05) is 6.08 Å². The van der Waals surface area contributed by atoms with E-state index in [9.17, 15) is 61.0 Å². The summed E-state index contributed by atoms with van der Waals surface area (Å²) in [5.41, 5.74) is 0. The smallest absolute Gasteiger partial charge is 0.220 e. The van der Waals surface area contributed by atoms with Gasteiger partial charge in [-0.1, -0.05) is 285 Å². The predicted octanol–water partition coefficient (Wildman–Crippen LogP) is 12.6. The number of aliphatic hydroxyl groups is 11. The van der Waals surface area contributed by atoms with Gasteiger partial charge in [0.1, 0.15) is 73.2 Å². The second-order valence-electron chi connectivity index (χ2n) is 27.8. The van der Waals surface area contributed by atoms with Gasteiger partial charge in [-0.05, 0) is 77.0 Å². The maximum atomic E-state index is 13.5. The number of hydrogen-bond acceptors (Lipinski definition) is 18. The molecule has 3 aliphatic rings. The average molecular weight is 1400 g/mol. The van der Waals surface area contributed by atoms with Crippen molar-refractivity contribution in [3.05, 3.63) is 85.1 Å². The van der Waals surface area contributed by atoms with Crippen molar-refractivity contribution in [3.8, 4) is 0 Å². The van der Waals surface area contributed by atoms with Gasteiger partial charge in [-0.3, -0.25) is 4.79 Å². The van der Waals surface area contributed by atoms with Crippen molar-refractivity contribution in [1.82, 2.24) is 5.32 Å². The highest BCUT2D eigenvalue weighted by Gasteiger charge is 2.53. The average Bonchev–Trinajstić information content (AvgIpc) is 0.577. The summed E-state index contributed by atoms with van der Waals surface area (Å²) < 4.78 is 34.4. The third kappa shape index (κ3) is 40.7. The van der Waals surface area contributed by atoms with E-state index < -0.39 is 124 Å².